The number of carbonyl (C=O) groups excluding carboxylic acids is 2. The summed E-state index contributed by atoms with van der Waals surface area (Å²) >= 11 is 3.51. The Bertz CT molecular complexity index is 970. The van der Waals surface area contributed by atoms with Crippen LogP contribution in [0.3, 0.4) is 0 Å². The van der Waals surface area contributed by atoms with Gasteiger partial charge in [0, 0.05) is 34.6 Å². The van der Waals surface area contributed by atoms with Crippen molar-refractivity contribution < 1.29 is 23.5 Å². The number of carbonyl (C=O) groups is 2. The minimum atomic E-state index is -3.33. The molecule has 2 saturated heterocycles. The predicted molar refractivity (Wildman–Crippen MR) is 131 cm³/mol. The summed E-state index contributed by atoms with van der Waals surface area (Å²) in [6.45, 7) is 9.75. The molecule has 9 heteroatoms. The SMILES string of the molecule is C=CCN1C(=O)[C@@]2(O[C@@H](CC(=O)N3CCC[C@H]3CO)[C@H]([Si](C)(C)F)[C@H]2C)c2cc(Br)ccc21. The summed E-state index contributed by atoms with van der Waals surface area (Å²) in [5.41, 5.74) is -0.422. The van der Waals surface area contributed by atoms with Gasteiger partial charge in [0.25, 0.3) is 5.91 Å². The number of ether oxygens (including phenoxy) is 1. The number of rotatable bonds is 6. The molecule has 3 heterocycles. The molecule has 5 atom stereocenters. The summed E-state index contributed by atoms with van der Waals surface area (Å²) in [5.74, 6) is -0.813. The number of amides is 2. The number of halogens is 2. The third-order valence-corrected chi connectivity index (χ3v) is 10.5. The van der Waals surface area contributed by atoms with Crippen molar-refractivity contribution in [3.63, 3.8) is 0 Å². The summed E-state index contributed by atoms with van der Waals surface area (Å²) in [6, 6.07) is 5.42. The Balaban J connectivity index is 1.75. The van der Waals surface area contributed by atoms with E-state index in [1.165, 1.54) is 0 Å². The molecule has 0 bridgehead atoms. The monoisotopic (exact) mass is 538 g/mol. The maximum Gasteiger partial charge on any atom is 0.264 e. The van der Waals surface area contributed by atoms with Gasteiger partial charge in [0.15, 0.2) is 5.60 Å². The van der Waals surface area contributed by atoms with Gasteiger partial charge in [0.2, 0.25) is 14.3 Å². The van der Waals surface area contributed by atoms with Crippen molar-refractivity contribution in [1.29, 1.82) is 0 Å². The quantitative estimate of drug-likeness (QED) is 0.336. The van der Waals surface area contributed by atoms with E-state index in [0.717, 1.165) is 23.0 Å². The second kappa shape index (κ2) is 8.91. The number of hydrogen-bond donors (Lipinski definition) is 1. The van der Waals surface area contributed by atoms with E-state index in [4.69, 9.17) is 4.74 Å². The smallest absolute Gasteiger partial charge is 0.264 e. The first-order valence-corrected chi connectivity index (χ1v) is 15.3. The molecule has 3 aliphatic heterocycles. The van der Waals surface area contributed by atoms with Gasteiger partial charge in [0.05, 0.1) is 30.9 Å². The molecule has 1 spiro atoms. The molecule has 0 radical (unpaired) electrons. The van der Waals surface area contributed by atoms with Crippen molar-refractivity contribution >= 4 is 41.8 Å². The molecule has 2 fully saturated rings. The standard InChI is InChI=1S/C24H32BrFN2O4Si/c1-5-10-28-19-9-8-16(25)12-18(19)24(23(28)31)15(2)22(33(3,4)26)20(32-24)13-21(30)27-11-6-7-17(27)14-29/h5,8-9,12,15,17,20,22,29H,1,6-7,10-11,13-14H2,2-4H3/t15-,17+,20+,22-,24+/m1/s1. The molecule has 0 unspecified atom stereocenters. The number of likely N-dealkylation sites (tertiary alicyclic amines) is 1. The van der Waals surface area contributed by atoms with Crippen molar-refractivity contribution in [3.8, 4) is 0 Å². The lowest BCUT2D eigenvalue weighted by Crippen LogP contribution is -2.45. The summed E-state index contributed by atoms with van der Waals surface area (Å²) < 4.78 is 23.1. The van der Waals surface area contributed by atoms with Gasteiger partial charge in [-0.3, -0.25) is 9.59 Å². The van der Waals surface area contributed by atoms with Gasteiger partial charge in [-0.25, -0.2) is 0 Å². The van der Waals surface area contributed by atoms with Crippen LogP contribution in [0.25, 0.3) is 0 Å². The highest BCUT2D eigenvalue weighted by Crippen LogP contribution is 2.60. The first-order chi connectivity index (χ1) is 15.6. The van der Waals surface area contributed by atoms with Crippen LogP contribution < -0.4 is 4.90 Å². The fraction of sp³-hybridized carbons (Fsp3) is 0.583. The molecule has 180 valence electrons. The molecule has 0 saturated carbocycles. The van der Waals surface area contributed by atoms with E-state index >= 15 is 4.11 Å². The lowest BCUT2D eigenvalue weighted by atomic mass is 9.82. The highest BCUT2D eigenvalue weighted by Gasteiger charge is 2.67. The van der Waals surface area contributed by atoms with E-state index in [0.29, 0.717) is 18.7 Å². The van der Waals surface area contributed by atoms with Gasteiger partial charge < -0.3 is 23.8 Å². The molecular formula is C24H32BrFN2O4Si. The highest BCUT2D eigenvalue weighted by molar-refractivity contribution is 9.10. The van der Waals surface area contributed by atoms with E-state index < -0.39 is 31.6 Å². The minimum absolute atomic E-state index is 0.00564. The summed E-state index contributed by atoms with van der Waals surface area (Å²) in [4.78, 5) is 30.4. The Morgan fingerprint density at radius 3 is 2.82 bits per heavy atom. The van der Waals surface area contributed by atoms with Crippen LogP contribution >= 0.6 is 15.9 Å². The van der Waals surface area contributed by atoms with Crippen LogP contribution in [0.4, 0.5) is 9.80 Å². The van der Waals surface area contributed by atoms with Crippen molar-refractivity contribution in [1.82, 2.24) is 4.90 Å². The van der Waals surface area contributed by atoms with Crippen LogP contribution in [0.1, 0.15) is 31.7 Å². The van der Waals surface area contributed by atoms with E-state index in [1.807, 2.05) is 25.1 Å². The zero-order valence-corrected chi connectivity index (χ0v) is 22.0. The Kier molecular flexibility index (Phi) is 6.63. The van der Waals surface area contributed by atoms with Crippen LogP contribution in [0.2, 0.25) is 18.6 Å². The third-order valence-electron chi connectivity index (χ3n) is 7.52. The van der Waals surface area contributed by atoms with Crippen molar-refractivity contribution in [2.45, 2.75) is 62.6 Å². The number of nitrogens with zero attached hydrogens (tertiary/aromatic N) is 2. The number of benzene rings is 1. The number of hydrogen-bond acceptors (Lipinski definition) is 4. The molecule has 0 aromatic heterocycles. The van der Waals surface area contributed by atoms with E-state index in [-0.39, 0.29) is 30.9 Å². The maximum atomic E-state index is 15.8. The summed E-state index contributed by atoms with van der Waals surface area (Å²) in [5, 5.41) is 9.65. The van der Waals surface area contributed by atoms with Gasteiger partial charge in [-0.15, -0.1) is 6.58 Å². The maximum absolute atomic E-state index is 15.8. The van der Waals surface area contributed by atoms with Crippen LogP contribution in [0, 0.1) is 5.92 Å². The van der Waals surface area contributed by atoms with Crippen LogP contribution in [-0.2, 0) is 19.9 Å². The summed E-state index contributed by atoms with van der Waals surface area (Å²) in [7, 11) is -3.33. The lowest BCUT2D eigenvalue weighted by Gasteiger charge is -2.31. The van der Waals surface area contributed by atoms with Crippen LogP contribution in [0.15, 0.2) is 35.3 Å². The number of fused-ring (bicyclic) bond motifs is 2. The zero-order chi connectivity index (χ0) is 24.1. The number of anilines is 1. The first-order valence-electron chi connectivity index (χ1n) is 11.6. The Labute approximate surface area is 204 Å². The van der Waals surface area contributed by atoms with E-state index in [9.17, 15) is 14.7 Å². The molecule has 1 aromatic rings. The predicted octanol–water partition coefficient (Wildman–Crippen LogP) is 4.13. The molecule has 3 aliphatic rings. The van der Waals surface area contributed by atoms with Gasteiger partial charge in [-0.05, 0) is 44.1 Å². The second-order valence-electron chi connectivity index (χ2n) is 9.91. The molecule has 33 heavy (non-hydrogen) atoms. The van der Waals surface area contributed by atoms with Gasteiger partial charge >= 0.3 is 0 Å². The molecule has 1 aromatic carbocycles. The number of aliphatic hydroxyl groups is 1. The fourth-order valence-electron chi connectivity index (χ4n) is 6.17. The molecular weight excluding hydrogens is 507 g/mol. The molecule has 0 aliphatic carbocycles. The van der Waals surface area contributed by atoms with Crippen LogP contribution in [0.5, 0.6) is 0 Å². The molecule has 4 rings (SSSR count). The average molecular weight is 540 g/mol. The Morgan fingerprint density at radius 2 is 2.18 bits per heavy atom. The Hall–Kier alpha value is -1.55. The van der Waals surface area contributed by atoms with Crippen LogP contribution in [-0.4, -0.2) is 62.1 Å². The van der Waals surface area contributed by atoms with E-state index in [2.05, 4.69) is 22.5 Å². The number of aliphatic hydroxyl groups excluding tert-OH is 1. The largest absolute Gasteiger partial charge is 0.394 e. The van der Waals surface area contributed by atoms with Crippen molar-refractivity contribution in [2.75, 3.05) is 24.6 Å². The third kappa shape index (κ3) is 3.90. The topological polar surface area (TPSA) is 70.1 Å². The van der Waals surface area contributed by atoms with Gasteiger partial charge in [0.1, 0.15) is 0 Å². The van der Waals surface area contributed by atoms with Crippen molar-refractivity contribution in [2.24, 2.45) is 5.92 Å². The first kappa shape index (κ1) is 24.6. The minimum Gasteiger partial charge on any atom is -0.394 e. The van der Waals surface area contributed by atoms with E-state index in [1.54, 1.807) is 29.0 Å². The normalized spacial score (nSPS) is 31.5. The lowest BCUT2D eigenvalue weighted by molar-refractivity contribution is -0.149. The van der Waals surface area contributed by atoms with Crippen molar-refractivity contribution in [3.05, 3.63) is 40.9 Å². The van der Waals surface area contributed by atoms with Gasteiger partial charge in [-0.2, -0.15) is 0 Å². The zero-order valence-electron chi connectivity index (χ0n) is 19.4. The molecule has 1 N–H and O–H groups in total. The fourth-order valence-corrected chi connectivity index (χ4v) is 9.03. The molecule has 2 amide bonds. The van der Waals surface area contributed by atoms with Gasteiger partial charge in [-0.1, -0.05) is 28.9 Å². The second-order valence-corrected chi connectivity index (χ2v) is 14.6. The Morgan fingerprint density at radius 1 is 1.45 bits per heavy atom. The average Bonchev–Trinajstić information content (AvgIpc) is 3.39. The highest BCUT2D eigenvalue weighted by atomic mass is 79.9. The molecule has 6 nitrogen and oxygen atoms in total. The summed E-state index contributed by atoms with van der Waals surface area (Å²) in [6.07, 6.45) is 2.56.